The number of hydrogen-bond donors (Lipinski definition) is 0. The first kappa shape index (κ1) is 11.8. The predicted octanol–water partition coefficient (Wildman–Crippen LogP) is 3.31. The van der Waals surface area contributed by atoms with E-state index in [-0.39, 0.29) is 0 Å². The fraction of sp³-hybridized carbons (Fsp3) is 0.538. The molecule has 1 aromatic rings. The number of rotatable bonds is 5. The molecule has 1 aliphatic rings. The monoisotopic (exact) mass is 283 g/mol. The second-order valence-electron chi connectivity index (χ2n) is 4.69. The van der Waals surface area contributed by atoms with Crippen LogP contribution in [0.5, 0.6) is 5.75 Å². The Balaban J connectivity index is 2.00. The summed E-state index contributed by atoms with van der Waals surface area (Å²) in [6, 6.07) is 8.26. The molecule has 0 saturated heterocycles. The molecule has 2 nitrogen and oxygen atoms in total. The zero-order valence-electron chi connectivity index (χ0n) is 9.87. The molecule has 0 amide bonds. The highest BCUT2D eigenvalue weighted by atomic mass is 79.9. The molecule has 0 aliphatic heterocycles. The Morgan fingerprint density at radius 1 is 1.31 bits per heavy atom. The maximum absolute atomic E-state index is 5.16. The van der Waals surface area contributed by atoms with Crippen LogP contribution in [0.2, 0.25) is 0 Å². The summed E-state index contributed by atoms with van der Waals surface area (Å²) in [4.78, 5) is 2.33. The lowest BCUT2D eigenvalue weighted by Crippen LogP contribution is -2.27. The zero-order valence-corrected chi connectivity index (χ0v) is 11.5. The number of ether oxygens (including phenoxy) is 1. The van der Waals surface area contributed by atoms with Gasteiger partial charge in [-0.15, -0.1) is 0 Å². The first-order valence-corrected chi connectivity index (χ1v) is 6.72. The SMILES string of the molecule is COc1ccc(N(C)CC2(CBr)CC2)cc1. The van der Waals surface area contributed by atoms with Crippen LogP contribution in [-0.4, -0.2) is 26.0 Å². The average molecular weight is 284 g/mol. The quantitative estimate of drug-likeness (QED) is 0.769. The van der Waals surface area contributed by atoms with Crippen LogP contribution in [0.25, 0.3) is 0 Å². The van der Waals surface area contributed by atoms with E-state index >= 15 is 0 Å². The van der Waals surface area contributed by atoms with Crippen molar-refractivity contribution in [1.29, 1.82) is 0 Å². The van der Waals surface area contributed by atoms with E-state index in [9.17, 15) is 0 Å². The average Bonchev–Trinajstić information content (AvgIpc) is 3.09. The number of hydrogen-bond acceptors (Lipinski definition) is 2. The second kappa shape index (κ2) is 4.66. The Bertz CT molecular complexity index is 345. The number of halogens is 1. The Morgan fingerprint density at radius 2 is 1.94 bits per heavy atom. The third kappa shape index (κ3) is 2.51. The van der Waals surface area contributed by atoms with Gasteiger partial charge in [-0.25, -0.2) is 0 Å². The number of benzene rings is 1. The van der Waals surface area contributed by atoms with Gasteiger partial charge in [0.05, 0.1) is 7.11 Å². The smallest absolute Gasteiger partial charge is 0.119 e. The summed E-state index contributed by atoms with van der Waals surface area (Å²) in [5, 5.41) is 1.11. The molecule has 3 heteroatoms. The minimum Gasteiger partial charge on any atom is -0.497 e. The third-order valence-electron chi connectivity index (χ3n) is 3.33. The normalized spacial score (nSPS) is 16.9. The van der Waals surface area contributed by atoms with Gasteiger partial charge in [-0.2, -0.15) is 0 Å². The fourth-order valence-corrected chi connectivity index (χ4v) is 2.68. The Kier molecular flexibility index (Phi) is 3.43. The van der Waals surface area contributed by atoms with Gasteiger partial charge in [0, 0.05) is 24.6 Å². The van der Waals surface area contributed by atoms with Crippen LogP contribution in [-0.2, 0) is 0 Å². The van der Waals surface area contributed by atoms with Gasteiger partial charge in [0.25, 0.3) is 0 Å². The molecule has 0 radical (unpaired) electrons. The number of methoxy groups -OCH3 is 1. The van der Waals surface area contributed by atoms with E-state index in [1.807, 2.05) is 12.1 Å². The molecular weight excluding hydrogens is 266 g/mol. The summed E-state index contributed by atoms with van der Waals surface area (Å²) in [6.07, 6.45) is 2.69. The molecule has 0 bridgehead atoms. The lowest BCUT2D eigenvalue weighted by atomic mass is 10.1. The van der Waals surface area contributed by atoms with Gasteiger partial charge in [-0.1, -0.05) is 15.9 Å². The van der Waals surface area contributed by atoms with Crippen LogP contribution in [0.3, 0.4) is 0 Å². The topological polar surface area (TPSA) is 12.5 Å². The summed E-state index contributed by atoms with van der Waals surface area (Å²) in [5.41, 5.74) is 1.78. The minimum atomic E-state index is 0.522. The van der Waals surface area contributed by atoms with E-state index < -0.39 is 0 Å². The Labute approximate surface area is 106 Å². The van der Waals surface area contributed by atoms with E-state index in [1.165, 1.54) is 18.5 Å². The molecule has 0 N–H and O–H groups in total. The largest absolute Gasteiger partial charge is 0.497 e. The second-order valence-corrected chi connectivity index (χ2v) is 5.25. The molecular formula is C13H18BrNO. The van der Waals surface area contributed by atoms with Crippen molar-refractivity contribution in [3.8, 4) is 5.75 Å². The fourth-order valence-electron chi connectivity index (χ4n) is 1.94. The van der Waals surface area contributed by atoms with Crippen molar-refractivity contribution in [1.82, 2.24) is 0 Å². The van der Waals surface area contributed by atoms with Gasteiger partial charge in [0.2, 0.25) is 0 Å². The highest BCUT2D eigenvalue weighted by molar-refractivity contribution is 9.09. The summed E-state index contributed by atoms with van der Waals surface area (Å²) in [6.45, 7) is 1.13. The molecule has 88 valence electrons. The van der Waals surface area contributed by atoms with E-state index in [0.29, 0.717) is 5.41 Å². The van der Waals surface area contributed by atoms with Crippen molar-refractivity contribution in [3.63, 3.8) is 0 Å². The van der Waals surface area contributed by atoms with E-state index in [1.54, 1.807) is 7.11 Å². The van der Waals surface area contributed by atoms with Crippen molar-refractivity contribution in [3.05, 3.63) is 24.3 Å². The molecule has 1 aromatic carbocycles. The first-order chi connectivity index (χ1) is 7.69. The Hall–Kier alpha value is -0.700. The van der Waals surface area contributed by atoms with Crippen molar-refractivity contribution in [2.75, 3.05) is 30.9 Å². The Morgan fingerprint density at radius 3 is 2.38 bits per heavy atom. The van der Waals surface area contributed by atoms with Gasteiger partial charge in [-0.05, 0) is 42.5 Å². The van der Waals surface area contributed by atoms with Crippen molar-refractivity contribution < 1.29 is 4.74 Å². The summed E-state index contributed by atoms with van der Waals surface area (Å²) < 4.78 is 5.16. The lowest BCUT2D eigenvalue weighted by Gasteiger charge is -2.24. The van der Waals surface area contributed by atoms with Crippen LogP contribution in [0.15, 0.2) is 24.3 Å². The van der Waals surface area contributed by atoms with Gasteiger partial charge >= 0.3 is 0 Å². The van der Waals surface area contributed by atoms with Crippen LogP contribution in [0, 0.1) is 5.41 Å². The summed E-state index contributed by atoms with van der Waals surface area (Å²) >= 11 is 3.61. The first-order valence-electron chi connectivity index (χ1n) is 5.60. The molecule has 1 saturated carbocycles. The molecule has 0 atom stereocenters. The number of nitrogens with zero attached hydrogens (tertiary/aromatic N) is 1. The molecule has 0 spiro atoms. The minimum absolute atomic E-state index is 0.522. The summed E-state index contributed by atoms with van der Waals surface area (Å²) in [5.74, 6) is 0.916. The number of alkyl halides is 1. The maximum Gasteiger partial charge on any atom is 0.119 e. The van der Waals surface area contributed by atoms with Crippen molar-refractivity contribution in [2.45, 2.75) is 12.8 Å². The van der Waals surface area contributed by atoms with Crippen LogP contribution in [0.4, 0.5) is 5.69 Å². The molecule has 2 rings (SSSR count). The molecule has 0 aromatic heterocycles. The molecule has 1 aliphatic carbocycles. The zero-order chi connectivity index (χ0) is 11.6. The van der Waals surface area contributed by atoms with Crippen molar-refractivity contribution >= 4 is 21.6 Å². The van der Waals surface area contributed by atoms with Gasteiger partial charge in [0.15, 0.2) is 0 Å². The standard InChI is InChI=1S/C13H18BrNO/c1-15(10-13(9-14)7-8-13)11-3-5-12(16-2)6-4-11/h3-6H,7-10H2,1-2H3. The van der Waals surface area contributed by atoms with Crippen LogP contribution >= 0.6 is 15.9 Å². The maximum atomic E-state index is 5.16. The van der Waals surface area contributed by atoms with Crippen LogP contribution < -0.4 is 9.64 Å². The molecule has 0 heterocycles. The van der Waals surface area contributed by atoms with Crippen LogP contribution in [0.1, 0.15) is 12.8 Å². The third-order valence-corrected chi connectivity index (χ3v) is 4.52. The predicted molar refractivity (Wildman–Crippen MR) is 71.7 cm³/mol. The molecule has 1 fully saturated rings. The van der Waals surface area contributed by atoms with E-state index in [0.717, 1.165) is 17.6 Å². The van der Waals surface area contributed by atoms with Gasteiger partial charge in [-0.3, -0.25) is 0 Å². The van der Waals surface area contributed by atoms with Gasteiger partial charge < -0.3 is 9.64 Å². The van der Waals surface area contributed by atoms with E-state index in [4.69, 9.17) is 4.74 Å². The van der Waals surface area contributed by atoms with Gasteiger partial charge in [0.1, 0.15) is 5.75 Å². The number of anilines is 1. The highest BCUT2D eigenvalue weighted by Crippen LogP contribution is 2.47. The highest BCUT2D eigenvalue weighted by Gasteiger charge is 2.42. The van der Waals surface area contributed by atoms with E-state index in [2.05, 4.69) is 40.0 Å². The lowest BCUT2D eigenvalue weighted by molar-refractivity contribution is 0.415. The molecule has 0 unspecified atom stereocenters. The molecule has 16 heavy (non-hydrogen) atoms. The van der Waals surface area contributed by atoms with Crippen molar-refractivity contribution in [2.24, 2.45) is 5.41 Å². The summed E-state index contributed by atoms with van der Waals surface area (Å²) in [7, 11) is 3.85.